The average Bonchev–Trinajstić information content (AvgIpc) is 2.97. The number of benzene rings is 2. The monoisotopic (exact) mass is 340 g/mol. The highest BCUT2D eigenvalue weighted by Crippen LogP contribution is 2.29. The summed E-state index contributed by atoms with van der Waals surface area (Å²) in [6.45, 7) is 2.49. The van der Waals surface area contributed by atoms with Crippen LogP contribution in [-0.2, 0) is 6.42 Å². The van der Waals surface area contributed by atoms with E-state index in [0.717, 1.165) is 28.1 Å². The van der Waals surface area contributed by atoms with Crippen LogP contribution in [-0.4, -0.2) is 21.4 Å². The first-order valence-electron chi connectivity index (χ1n) is 7.69. The minimum Gasteiger partial charge on any atom is -0.379 e. The first kappa shape index (κ1) is 16.4. The molecule has 3 aromatic rings. The zero-order chi connectivity index (χ0) is 18.0. The molecule has 0 aliphatic heterocycles. The quantitative estimate of drug-likeness (QED) is 0.521. The lowest BCUT2D eigenvalue weighted by molar-refractivity contribution is -0.393. The number of fused-ring (bicyclic) bond motifs is 1. The summed E-state index contributed by atoms with van der Waals surface area (Å²) in [6.07, 6.45) is 2.59. The molecule has 0 unspecified atom stereocenters. The molecule has 0 aliphatic rings. The SMILES string of the molecule is Cc1ccc2[nH]cc(CCNc3ccc([N+](=O)[O-])cc3[N+](=O)[O-])c2c1. The largest absolute Gasteiger partial charge is 0.379 e. The maximum atomic E-state index is 11.1. The third-order valence-corrected chi connectivity index (χ3v) is 4.02. The molecule has 0 saturated heterocycles. The Labute approximate surface area is 142 Å². The molecule has 0 amide bonds. The second-order valence-corrected chi connectivity index (χ2v) is 5.76. The van der Waals surface area contributed by atoms with E-state index in [2.05, 4.69) is 16.4 Å². The molecule has 8 heteroatoms. The van der Waals surface area contributed by atoms with Crippen molar-refractivity contribution in [3.63, 3.8) is 0 Å². The van der Waals surface area contributed by atoms with E-state index >= 15 is 0 Å². The third-order valence-electron chi connectivity index (χ3n) is 4.02. The van der Waals surface area contributed by atoms with Crippen molar-refractivity contribution in [2.75, 3.05) is 11.9 Å². The standard InChI is InChI=1S/C17H16N4O4/c1-11-2-4-15-14(8-11)12(10-19-15)6-7-18-16-5-3-13(20(22)23)9-17(16)21(24)25/h2-5,8-10,18-19H,6-7H2,1H3. The predicted molar refractivity (Wildman–Crippen MR) is 95.0 cm³/mol. The van der Waals surface area contributed by atoms with Gasteiger partial charge in [0.05, 0.1) is 15.9 Å². The zero-order valence-electron chi connectivity index (χ0n) is 13.5. The highest BCUT2D eigenvalue weighted by molar-refractivity contribution is 5.84. The van der Waals surface area contributed by atoms with Crippen LogP contribution in [0.15, 0.2) is 42.6 Å². The van der Waals surface area contributed by atoms with Gasteiger partial charge in [-0.05, 0) is 37.1 Å². The molecule has 3 rings (SSSR count). The summed E-state index contributed by atoms with van der Waals surface area (Å²) in [5.41, 5.74) is 2.98. The van der Waals surface area contributed by atoms with Gasteiger partial charge in [-0.2, -0.15) is 0 Å². The van der Waals surface area contributed by atoms with Gasteiger partial charge in [0.15, 0.2) is 0 Å². The van der Waals surface area contributed by atoms with E-state index in [-0.39, 0.29) is 17.1 Å². The fourth-order valence-corrected chi connectivity index (χ4v) is 2.77. The molecule has 1 heterocycles. The van der Waals surface area contributed by atoms with Crippen molar-refractivity contribution in [2.45, 2.75) is 13.3 Å². The maximum absolute atomic E-state index is 11.1. The van der Waals surface area contributed by atoms with Gasteiger partial charge in [0, 0.05) is 29.7 Å². The summed E-state index contributed by atoms with van der Waals surface area (Å²) < 4.78 is 0. The van der Waals surface area contributed by atoms with Gasteiger partial charge in [-0.3, -0.25) is 20.2 Å². The Kier molecular flexibility index (Phi) is 4.34. The van der Waals surface area contributed by atoms with E-state index in [1.54, 1.807) is 0 Å². The second-order valence-electron chi connectivity index (χ2n) is 5.76. The van der Waals surface area contributed by atoms with Crippen LogP contribution in [0.3, 0.4) is 0 Å². The number of hydrogen-bond donors (Lipinski definition) is 2. The highest BCUT2D eigenvalue weighted by Gasteiger charge is 2.19. The van der Waals surface area contributed by atoms with Gasteiger partial charge < -0.3 is 10.3 Å². The van der Waals surface area contributed by atoms with E-state index in [1.807, 2.05) is 25.3 Å². The second kappa shape index (κ2) is 6.60. The van der Waals surface area contributed by atoms with Gasteiger partial charge in [0.2, 0.25) is 0 Å². The number of aromatic nitrogens is 1. The number of nitro groups is 2. The molecule has 2 N–H and O–H groups in total. The number of nitrogens with zero attached hydrogens (tertiary/aromatic N) is 2. The number of aromatic amines is 1. The molecule has 0 radical (unpaired) electrons. The van der Waals surface area contributed by atoms with Crippen molar-refractivity contribution in [3.8, 4) is 0 Å². The fraction of sp³-hybridized carbons (Fsp3) is 0.176. The molecular weight excluding hydrogens is 324 g/mol. The van der Waals surface area contributed by atoms with E-state index in [9.17, 15) is 20.2 Å². The van der Waals surface area contributed by atoms with Crippen LogP contribution in [0.2, 0.25) is 0 Å². The van der Waals surface area contributed by atoms with Crippen molar-refractivity contribution in [1.82, 2.24) is 4.98 Å². The van der Waals surface area contributed by atoms with Crippen molar-refractivity contribution in [2.24, 2.45) is 0 Å². The first-order chi connectivity index (χ1) is 12.0. The van der Waals surface area contributed by atoms with Crippen LogP contribution in [0.4, 0.5) is 17.1 Å². The third kappa shape index (κ3) is 3.42. The summed E-state index contributed by atoms with van der Waals surface area (Å²) in [4.78, 5) is 23.8. The Hall–Kier alpha value is -3.42. The van der Waals surface area contributed by atoms with Crippen molar-refractivity contribution < 1.29 is 9.85 Å². The smallest absolute Gasteiger partial charge is 0.299 e. The normalized spacial score (nSPS) is 10.8. The molecule has 0 fully saturated rings. The number of hydrogen-bond acceptors (Lipinski definition) is 5. The lowest BCUT2D eigenvalue weighted by Gasteiger charge is -2.07. The highest BCUT2D eigenvalue weighted by atomic mass is 16.6. The zero-order valence-corrected chi connectivity index (χ0v) is 13.5. The van der Waals surface area contributed by atoms with Gasteiger partial charge in [0.25, 0.3) is 11.4 Å². The lowest BCUT2D eigenvalue weighted by atomic mass is 10.1. The van der Waals surface area contributed by atoms with Crippen LogP contribution in [0.25, 0.3) is 10.9 Å². The van der Waals surface area contributed by atoms with Crippen molar-refractivity contribution in [1.29, 1.82) is 0 Å². The predicted octanol–water partition coefficient (Wildman–Crippen LogP) is 3.95. The summed E-state index contributed by atoms with van der Waals surface area (Å²) in [5, 5.41) is 26.0. The molecule has 0 aliphatic carbocycles. The van der Waals surface area contributed by atoms with Crippen LogP contribution in [0.1, 0.15) is 11.1 Å². The molecule has 0 saturated carbocycles. The van der Waals surface area contributed by atoms with Crippen LogP contribution < -0.4 is 5.32 Å². The van der Waals surface area contributed by atoms with Crippen LogP contribution >= 0.6 is 0 Å². The number of nitro benzene ring substituents is 2. The topological polar surface area (TPSA) is 114 Å². The molecule has 0 atom stereocenters. The van der Waals surface area contributed by atoms with E-state index < -0.39 is 9.85 Å². The molecule has 25 heavy (non-hydrogen) atoms. The van der Waals surface area contributed by atoms with Crippen molar-refractivity contribution in [3.05, 3.63) is 74.0 Å². The van der Waals surface area contributed by atoms with Crippen molar-refractivity contribution >= 4 is 28.0 Å². The van der Waals surface area contributed by atoms with E-state index in [4.69, 9.17) is 0 Å². The summed E-state index contributed by atoms with van der Waals surface area (Å²) in [6, 6.07) is 9.73. The van der Waals surface area contributed by atoms with E-state index in [1.165, 1.54) is 12.1 Å². The van der Waals surface area contributed by atoms with Gasteiger partial charge in [-0.15, -0.1) is 0 Å². The Balaban J connectivity index is 1.76. The van der Waals surface area contributed by atoms with Gasteiger partial charge in [-0.1, -0.05) is 11.6 Å². The number of anilines is 1. The summed E-state index contributed by atoms with van der Waals surface area (Å²) >= 11 is 0. The van der Waals surface area contributed by atoms with Gasteiger partial charge in [0.1, 0.15) is 5.69 Å². The molecular formula is C17H16N4O4. The minimum atomic E-state index is -0.648. The lowest BCUT2D eigenvalue weighted by Crippen LogP contribution is -2.07. The summed E-state index contributed by atoms with van der Waals surface area (Å²) in [7, 11) is 0. The number of H-pyrrole nitrogens is 1. The molecule has 0 bridgehead atoms. The number of non-ortho nitro benzene ring substituents is 1. The number of nitrogens with one attached hydrogen (secondary N) is 2. The molecule has 8 nitrogen and oxygen atoms in total. The minimum absolute atomic E-state index is 0.270. The number of aryl methyl sites for hydroxylation is 1. The van der Waals surface area contributed by atoms with Crippen LogP contribution in [0.5, 0.6) is 0 Å². The average molecular weight is 340 g/mol. The summed E-state index contributed by atoms with van der Waals surface area (Å²) in [5.74, 6) is 0. The molecule has 1 aromatic heterocycles. The number of rotatable bonds is 6. The molecule has 2 aromatic carbocycles. The Morgan fingerprint density at radius 3 is 2.60 bits per heavy atom. The van der Waals surface area contributed by atoms with E-state index in [0.29, 0.717) is 13.0 Å². The Bertz CT molecular complexity index is 964. The molecule has 128 valence electrons. The van der Waals surface area contributed by atoms with Gasteiger partial charge in [-0.25, -0.2) is 0 Å². The fourth-order valence-electron chi connectivity index (χ4n) is 2.77. The van der Waals surface area contributed by atoms with Crippen LogP contribution in [0, 0.1) is 27.2 Å². The Morgan fingerprint density at radius 2 is 1.88 bits per heavy atom. The molecule has 0 spiro atoms. The Morgan fingerprint density at radius 1 is 1.08 bits per heavy atom. The van der Waals surface area contributed by atoms with Gasteiger partial charge >= 0.3 is 0 Å². The first-order valence-corrected chi connectivity index (χ1v) is 7.69. The maximum Gasteiger partial charge on any atom is 0.299 e.